The van der Waals surface area contributed by atoms with E-state index in [1.54, 1.807) is 42.3 Å². The van der Waals surface area contributed by atoms with Crippen molar-refractivity contribution in [2.75, 3.05) is 17.8 Å². The number of alkyl halides is 3. The van der Waals surface area contributed by atoms with Gasteiger partial charge in [-0.05, 0) is 43.5 Å². The van der Waals surface area contributed by atoms with E-state index in [4.69, 9.17) is 9.72 Å². The summed E-state index contributed by atoms with van der Waals surface area (Å²) in [4.78, 5) is 33.4. The maximum Gasteiger partial charge on any atom is 0.435 e. The number of carbonyl (C=O) groups is 1. The summed E-state index contributed by atoms with van der Waals surface area (Å²) in [6.07, 6.45) is 0.686. The van der Waals surface area contributed by atoms with E-state index >= 15 is 0 Å². The summed E-state index contributed by atoms with van der Waals surface area (Å²) in [7, 11) is 1.53. The third-order valence-corrected chi connectivity index (χ3v) is 7.56. The Labute approximate surface area is 225 Å². The maximum absolute atomic E-state index is 13.1. The largest absolute Gasteiger partial charge is 0.480 e. The van der Waals surface area contributed by atoms with Crippen LogP contribution in [0.25, 0.3) is 17.1 Å². The van der Waals surface area contributed by atoms with E-state index in [1.165, 1.54) is 29.9 Å². The van der Waals surface area contributed by atoms with E-state index in [2.05, 4.69) is 20.1 Å². The number of rotatable bonds is 6. The minimum absolute atomic E-state index is 0.113. The van der Waals surface area contributed by atoms with E-state index in [-0.39, 0.29) is 18.2 Å². The Balaban J connectivity index is 1.31. The zero-order chi connectivity index (χ0) is 27.3. The Morgan fingerprint density at radius 1 is 1.13 bits per heavy atom. The molecule has 4 heterocycles. The van der Waals surface area contributed by atoms with Gasteiger partial charge in [0.25, 0.3) is 0 Å². The van der Waals surface area contributed by atoms with Crippen molar-refractivity contribution in [2.24, 2.45) is 0 Å². The van der Waals surface area contributed by atoms with Gasteiger partial charge < -0.3 is 4.74 Å². The van der Waals surface area contributed by atoms with Gasteiger partial charge in [-0.1, -0.05) is 12.1 Å². The summed E-state index contributed by atoms with van der Waals surface area (Å²) in [6, 6.07) is 7.89. The summed E-state index contributed by atoms with van der Waals surface area (Å²) >= 11 is 1.37. The summed E-state index contributed by atoms with van der Waals surface area (Å²) in [6.45, 7) is 1.79. The molecule has 1 aliphatic carbocycles. The summed E-state index contributed by atoms with van der Waals surface area (Å²) in [5, 5.41) is 3.70. The fourth-order valence-corrected chi connectivity index (χ4v) is 5.34. The van der Waals surface area contributed by atoms with Gasteiger partial charge in [0.15, 0.2) is 17.3 Å². The number of fused-ring (bicyclic) bond motifs is 1. The smallest absolute Gasteiger partial charge is 0.435 e. The second kappa shape index (κ2) is 9.63. The molecule has 0 N–H and O–H groups in total. The number of halogens is 3. The molecule has 0 spiro atoms. The molecule has 0 radical (unpaired) electrons. The average molecular weight is 554 g/mol. The number of carbonyl (C=O) groups excluding carboxylic acids is 1. The van der Waals surface area contributed by atoms with Gasteiger partial charge in [0, 0.05) is 17.8 Å². The number of hydrogen-bond acceptors (Lipinski definition) is 8. The molecule has 0 saturated heterocycles. The molecule has 0 unspecified atom stereocenters. The number of methoxy groups -OCH3 is 1. The van der Waals surface area contributed by atoms with Crippen LogP contribution in [0.2, 0.25) is 0 Å². The fraction of sp³-hybridized carbons (Fsp3) is 0.308. The molecule has 6 rings (SSSR count). The molecule has 0 atom stereocenters. The number of benzene rings is 1. The highest BCUT2D eigenvalue weighted by Gasteiger charge is 2.35. The number of aromatic nitrogens is 6. The second-order valence-electron chi connectivity index (χ2n) is 9.31. The maximum atomic E-state index is 13.1. The van der Waals surface area contributed by atoms with Crippen LogP contribution in [0.3, 0.4) is 0 Å². The monoisotopic (exact) mass is 553 g/mol. The van der Waals surface area contributed by atoms with Gasteiger partial charge in [0.05, 0.1) is 35.7 Å². The van der Waals surface area contributed by atoms with Crippen LogP contribution in [0.5, 0.6) is 5.88 Å². The number of aryl methyl sites for hydroxylation is 1. The third-order valence-electron chi connectivity index (χ3n) is 6.57. The summed E-state index contributed by atoms with van der Waals surface area (Å²) < 4.78 is 46.0. The molecule has 3 aromatic heterocycles. The molecule has 1 aliphatic heterocycles. The van der Waals surface area contributed by atoms with E-state index in [1.807, 2.05) is 0 Å². The Morgan fingerprint density at radius 2 is 1.90 bits per heavy atom. The first-order chi connectivity index (χ1) is 18.7. The average Bonchev–Trinajstić information content (AvgIpc) is 3.70. The first kappa shape index (κ1) is 25.3. The van der Waals surface area contributed by atoms with Crippen molar-refractivity contribution >= 4 is 23.5 Å². The summed E-state index contributed by atoms with van der Waals surface area (Å²) in [5.74, 6) is 1.68. The van der Waals surface area contributed by atoms with Gasteiger partial charge in [0.2, 0.25) is 11.8 Å². The zero-order valence-electron chi connectivity index (χ0n) is 20.9. The Hall–Kier alpha value is -4.00. The van der Waals surface area contributed by atoms with E-state index in [0.717, 1.165) is 35.1 Å². The van der Waals surface area contributed by atoms with Crippen molar-refractivity contribution in [1.82, 2.24) is 29.7 Å². The number of thioether (sulfide) groups is 1. The Bertz CT molecular complexity index is 1570. The van der Waals surface area contributed by atoms with Crippen molar-refractivity contribution in [3.8, 4) is 23.0 Å². The van der Waals surface area contributed by atoms with Gasteiger partial charge in [0.1, 0.15) is 11.9 Å². The molecular weight excluding hydrogens is 531 g/mol. The van der Waals surface area contributed by atoms with Gasteiger partial charge in [-0.2, -0.15) is 18.3 Å². The quantitative estimate of drug-likeness (QED) is 0.330. The molecule has 2 aliphatic rings. The predicted molar refractivity (Wildman–Crippen MR) is 137 cm³/mol. The van der Waals surface area contributed by atoms with Crippen LogP contribution in [-0.4, -0.2) is 48.5 Å². The Morgan fingerprint density at radius 3 is 2.56 bits per heavy atom. The molecule has 0 bridgehead atoms. The number of nitrogens with zero attached hydrogens (tertiary/aromatic N) is 7. The minimum atomic E-state index is -4.52. The van der Waals surface area contributed by atoms with Crippen molar-refractivity contribution in [3.05, 3.63) is 65.5 Å². The normalized spacial score (nSPS) is 15.4. The molecule has 1 fully saturated rings. The topological polar surface area (TPSA) is 98.9 Å². The van der Waals surface area contributed by atoms with E-state index < -0.39 is 11.9 Å². The number of ether oxygens (including phenoxy) is 1. The number of anilines is 1. The SMILES string of the molecule is COc1ncnc(C2CC2)c1-c1ncc2c(n1)N(Cc1ccc(-n3nc(C(F)(F)F)cc3C)cc1)C(=O)CS2. The molecule has 39 heavy (non-hydrogen) atoms. The highest BCUT2D eigenvalue weighted by Crippen LogP contribution is 2.45. The van der Waals surface area contributed by atoms with Crippen LogP contribution in [0, 0.1) is 6.92 Å². The first-order valence-corrected chi connectivity index (χ1v) is 13.1. The number of hydrogen-bond donors (Lipinski definition) is 0. The van der Waals surface area contributed by atoms with Crippen LogP contribution < -0.4 is 9.64 Å². The van der Waals surface area contributed by atoms with Crippen molar-refractivity contribution < 1.29 is 22.7 Å². The van der Waals surface area contributed by atoms with Crippen molar-refractivity contribution in [1.29, 1.82) is 0 Å². The lowest BCUT2D eigenvalue weighted by molar-refractivity contribution is -0.141. The van der Waals surface area contributed by atoms with Crippen molar-refractivity contribution in [3.63, 3.8) is 0 Å². The highest BCUT2D eigenvalue weighted by molar-refractivity contribution is 8.00. The molecule has 13 heteroatoms. The minimum Gasteiger partial charge on any atom is -0.480 e. The second-order valence-corrected chi connectivity index (χ2v) is 10.3. The van der Waals surface area contributed by atoms with Crippen LogP contribution in [0.4, 0.5) is 19.0 Å². The molecule has 1 saturated carbocycles. The van der Waals surface area contributed by atoms with Crippen LogP contribution in [-0.2, 0) is 17.5 Å². The van der Waals surface area contributed by atoms with E-state index in [0.29, 0.717) is 40.4 Å². The molecule has 4 aromatic rings. The number of amides is 1. The zero-order valence-corrected chi connectivity index (χ0v) is 21.8. The van der Waals surface area contributed by atoms with Crippen LogP contribution in [0.15, 0.2) is 47.8 Å². The molecule has 1 aromatic carbocycles. The van der Waals surface area contributed by atoms with E-state index in [9.17, 15) is 18.0 Å². The van der Waals surface area contributed by atoms with Gasteiger partial charge in [-0.25, -0.2) is 24.6 Å². The summed E-state index contributed by atoms with van der Waals surface area (Å²) in [5.41, 5.74) is 2.15. The highest BCUT2D eigenvalue weighted by atomic mass is 32.2. The predicted octanol–water partition coefficient (Wildman–Crippen LogP) is 4.97. The van der Waals surface area contributed by atoms with Crippen molar-refractivity contribution in [2.45, 2.75) is 43.3 Å². The first-order valence-electron chi connectivity index (χ1n) is 12.2. The lowest BCUT2D eigenvalue weighted by Gasteiger charge is -2.28. The van der Waals surface area contributed by atoms with Gasteiger partial charge in [-0.3, -0.25) is 9.69 Å². The fourth-order valence-electron chi connectivity index (χ4n) is 4.49. The molecule has 200 valence electrons. The molecule has 1 amide bonds. The van der Waals surface area contributed by atoms with Crippen LogP contribution in [0.1, 0.15) is 41.4 Å². The lowest BCUT2D eigenvalue weighted by atomic mass is 10.1. The van der Waals surface area contributed by atoms with Crippen LogP contribution >= 0.6 is 11.8 Å². The standard InChI is InChI=1S/C26H22F3N7O2S/c1-14-9-19(26(27,28)29)34-36(14)17-7-3-15(4-8-17)11-35-20(37)12-39-18-10-30-23(33-24(18)35)21-22(16-5-6-16)31-13-32-25(21)38-2/h3-4,7-10,13,16H,5-6,11-12H2,1-2H3. The third kappa shape index (κ3) is 4.82. The van der Waals surface area contributed by atoms with Gasteiger partial charge >= 0.3 is 6.18 Å². The lowest BCUT2D eigenvalue weighted by Crippen LogP contribution is -2.35. The molecular formula is C26H22F3N7O2S. The molecule has 9 nitrogen and oxygen atoms in total. The Kier molecular flexibility index (Phi) is 6.25. The van der Waals surface area contributed by atoms with Gasteiger partial charge in [-0.15, -0.1) is 11.8 Å².